The number of nitrogens with one attached hydrogen (secondary N) is 2. The molecule has 3 N–H and O–H groups in total. The average molecular weight is 507 g/mol. The van der Waals surface area contributed by atoms with Gasteiger partial charge < -0.3 is 20.5 Å². The molecule has 1 saturated carbocycles. The Balaban J connectivity index is 1.73. The molecule has 0 aliphatic heterocycles. The summed E-state index contributed by atoms with van der Waals surface area (Å²) in [4.78, 5) is 11.7. The van der Waals surface area contributed by atoms with Crippen LogP contribution in [0.25, 0.3) is 0 Å². The normalized spacial score (nSPS) is 20.4. The first-order chi connectivity index (χ1) is 16.2. The van der Waals surface area contributed by atoms with Gasteiger partial charge in [0.15, 0.2) is 0 Å². The summed E-state index contributed by atoms with van der Waals surface area (Å²) in [6, 6.07) is 2.78. The van der Waals surface area contributed by atoms with E-state index in [1.165, 1.54) is 6.20 Å². The molecule has 0 aromatic carbocycles. The van der Waals surface area contributed by atoms with Crippen LogP contribution in [0.2, 0.25) is 0 Å². The largest absolute Gasteiger partial charge is 0.477 e. The molecular weight excluding hydrogens is 480 g/mol. The van der Waals surface area contributed by atoms with Gasteiger partial charge in [0.2, 0.25) is 11.8 Å². The second-order valence-corrected chi connectivity index (χ2v) is 9.12. The summed E-state index contributed by atoms with van der Waals surface area (Å²) in [6.07, 6.45) is -7.37. The molecule has 2 aromatic rings. The van der Waals surface area contributed by atoms with Gasteiger partial charge in [-0.25, -0.2) is 9.97 Å². The molecule has 2 heterocycles. The molecule has 35 heavy (non-hydrogen) atoms. The summed E-state index contributed by atoms with van der Waals surface area (Å²) in [5, 5.41) is 15.8. The molecule has 0 unspecified atom stereocenters. The molecule has 0 saturated heterocycles. The van der Waals surface area contributed by atoms with Crippen molar-refractivity contribution in [3.8, 4) is 5.88 Å². The fourth-order valence-corrected chi connectivity index (χ4v) is 3.85. The van der Waals surface area contributed by atoms with Gasteiger partial charge >= 0.3 is 12.4 Å². The minimum Gasteiger partial charge on any atom is -0.477 e. The standard InChI is InChI=1S/C22H27F6N5O2/c1-20(2)10-14(5-6-16(20)34)32-17-15(22(26,27)28)12-31-19(33-17)30-11-13-4-3-8-29-18(13)35-9-7-21(23,24)25/h3-4,8,12,14,16,34H,5-7,9-11H2,1-2H3,(H2,30,31,32,33)/t14-,16+/m1/s1. The lowest BCUT2D eigenvalue weighted by Crippen LogP contribution is -2.41. The molecule has 0 spiro atoms. The zero-order chi connectivity index (χ0) is 25.9. The van der Waals surface area contributed by atoms with Gasteiger partial charge in [0, 0.05) is 30.5 Å². The van der Waals surface area contributed by atoms with Gasteiger partial charge in [-0.1, -0.05) is 19.9 Å². The maximum Gasteiger partial charge on any atom is 0.421 e. The van der Waals surface area contributed by atoms with E-state index in [0.29, 0.717) is 31.0 Å². The molecule has 0 radical (unpaired) electrons. The summed E-state index contributed by atoms with van der Waals surface area (Å²) in [7, 11) is 0. The number of aliphatic hydroxyl groups is 1. The summed E-state index contributed by atoms with van der Waals surface area (Å²) in [6.45, 7) is 3.05. The average Bonchev–Trinajstić information content (AvgIpc) is 2.74. The molecule has 194 valence electrons. The maximum absolute atomic E-state index is 13.6. The Labute approximate surface area is 198 Å². The van der Waals surface area contributed by atoms with Gasteiger partial charge in [0.05, 0.1) is 19.1 Å². The number of pyridine rings is 1. The van der Waals surface area contributed by atoms with Crippen molar-refractivity contribution in [1.82, 2.24) is 15.0 Å². The Bertz CT molecular complexity index is 999. The third-order valence-electron chi connectivity index (χ3n) is 5.81. The molecule has 0 bridgehead atoms. The van der Waals surface area contributed by atoms with Crippen LogP contribution in [0.5, 0.6) is 5.88 Å². The van der Waals surface area contributed by atoms with E-state index in [-0.39, 0.29) is 30.2 Å². The van der Waals surface area contributed by atoms with Crippen LogP contribution in [-0.4, -0.2) is 45.0 Å². The lowest BCUT2D eigenvalue weighted by Gasteiger charge is -2.40. The lowest BCUT2D eigenvalue weighted by molar-refractivity contribution is -0.140. The number of rotatable bonds is 8. The van der Waals surface area contributed by atoms with Crippen molar-refractivity contribution in [2.24, 2.45) is 5.41 Å². The van der Waals surface area contributed by atoms with Crippen LogP contribution in [0.3, 0.4) is 0 Å². The highest BCUT2D eigenvalue weighted by Crippen LogP contribution is 2.39. The number of aliphatic hydroxyl groups excluding tert-OH is 1. The smallest absolute Gasteiger partial charge is 0.421 e. The summed E-state index contributed by atoms with van der Waals surface area (Å²) < 4.78 is 83.0. The van der Waals surface area contributed by atoms with Crippen molar-refractivity contribution in [2.75, 3.05) is 17.2 Å². The van der Waals surface area contributed by atoms with Crippen LogP contribution in [-0.2, 0) is 12.7 Å². The topological polar surface area (TPSA) is 92.2 Å². The quantitative estimate of drug-likeness (QED) is 0.424. The van der Waals surface area contributed by atoms with Gasteiger partial charge in [0.1, 0.15) is 11.4 Å². The number of hydrogen-bond acceptors (Lipinski definition) is 7. The Morgan fingerprint density at radius 1 is 1.14 bits per heavy atom. The number of nitrogens with zero attached hydrogens (tertiary/aromatic N) is 3. The van der Waals surface area contributed by atoms with Crippen LogP contribution in [0.15, 0.2) is 24.5 Å². The molecule has 2 aromatic heterocycles. The van der Waals surface area contributed by atoms with Crippen molar-refractivity contribution >= 4 is 11.8 Å². The Hall–Kier alpha value is -2.83. The first-order valence-corrected chi connectivity index (χ1v) is 11.0. The van der Waals surface area contributed by atoms with Crippen LogP contribution < -0.4 is 15.4 Å². The third-order valence-corrected chi connectivity index (χ3v) is 5.81. The third kappa shape index (κ3) is 7.58. The SMILES string of the molecule is CC1(C)C[C@H](Nc2nc(NCc3cccnc3OCCC(F)(F)F)ncc2C(F)(F)F)CC[C@@H]1O. The maximum atomic E-state index is 13.6. The minimum absolute atomic E-state index is 0.0301. The van der Waals surface area contributed by atoms with E-state index in [1.807, 2.05) is 13.8 Å². The Kier molecular flexibility index (Phi) is 7.97. The number of hydrogen-bond donors (Lipinski definition) is 3. The van der Waals surface area contributed by atoms with E-state index >= 15 is 0 Å². The predicted molar refractivity (Wildman–Crippen MR) is 116 cm³/mol. The van der Waals surface area contributed by atoms with E-state index in [1.54, 1.807) is 12.1 Å². The Morgan fingerprint density at radius 2 is 1.89 bits per heavy atom. The minimum atomic E-state index is -4.69. The highest BCUT2D eigenvalue weighted by molar-refractivity contribution is 5.50. The van der Waals surface area contributed by atoms with Gasteiger partial charge in [-0.2, -0.15) is 31.3 Å². The van der Waals surface area contributed by atoms with Crippen LogP contribution in [0.4, 0.5) is 38.1 Å². The van der Waals surface area contributed by atoms with Gasteiger partial charge in [0.25, 0.3) is 0 Å². The van der Waals surface area contributed by atoms with Crippen molar-refractivity contribution in [3.05, 3.63) is 35.7 Å². The van der Waals surface area contributed by atoms with E-state index in [2.05, 4.69) is 25.6 Å². The van der Waals surface area contributed by atoms with Gasteiger partial charge in [-0.3, -0.25) is 0 Å². The van der Waals surface area contributed by atoms with Crippen molar-refractivity contribution in [2.45, 2.75) is 70.6 Å². The van der Waals surface area contributed by atoms with E-state index in [4.69, 9.17) is 4.74 Å². The van der Waals surface area contributed by atoms with E-state index < -0.39 is 42.5 Å². The number of halogens is 6. The van der Waals surface area contributed by atoms with Gasteiger partial charge in [-0.05, 0) is 30.7 Å². The number of alkyl halides is 6. The van der Waals surface area contributed by atoms with Gasteiger partial charge in [-0.15, -0.1) is 0 Å². The highest BCUT2D eigenvalue weighted by Gasteiger charge is 2.39. The monoisotopic (exact) mass is 507 g/mol. The first-order valence-electron chi connectivity index (χ1n) is 11.0. The fraction of sp³-hybridized carbons (Fsp3) is 0.591. The van der Waals surface area contributed by atoms with Crippen molar-refractivity contribution < 1.29 is 36.2 Å². The molecule has 3 rings (SSSR count). The number of ether oxygens (including phenoxy) is 1. The fourth-order valence-electron chi connectivity index (χ4n) is 3.85. The molecule has 13 heteroatoms. The Morgan fingerprint density at radius 3 is 2.54 bits per heavy atom. The summed E-state index contributed by atoms with van der Waals surface area (Å²) in [5.41, 5.74) is -1.11. The number of aromatic nitrogens is 3. The first kappa shape index (κ1) is 26.8. The number of anilines is 2. The van der Waals surface area contributed by atoms with E-state index in [0.717, 1.165) is 0 Å². The molecule has 7 nitrogen and oxygen atoms in total. The van der Waals surface area contributed by atoms with Crippen LogP contribution in [0, 0.1) is 5.41 Å². The zero-order valence-corrected chi connectivity index (χ0v) is 19.2. The second kappa shape index (κ2) is 10.4. The van der Waals surface area contributed by atoms with Crippen LogP contribution in [0.1, 0.15) is 50.7 Å². The molecule has 0 amide bonds. The molecule has 1 aliphatic rings. The molecule has 1 fully saturated rings. The summed E-state index contributed by atoms with van der Waals surface area (Å²) >= 11 is 0. The molecular formula is C22H27F6N5O2. The highest BCUT2D eigenvalue weighted by atomic mass is 19.4. The van der Waals surface area contributed by atoms with Crippen molar-refractivity contribution in [3.63, 3.8) is 0 Å². The zero-order valence-electron chi connectivity index (χ0n) is 19.2. The molecule has 2 atom stereocenters. The second-order valence-electron chi connectivity index (χ2n) is 9.12. The molecule has 1 aliphatic carbocycles. The van der Waals surface area contributed by atoms with E-state index in [9.17, 15) is 31.4 Å². The lowest BCUT2D eigenvalue weighted by atomic mass is 9.73. The predicted octanol–water partition coefficient (Wildman–Crippen LogP) is 5.19. The summed E-state index contributed by atoms with van der Waals surface area (Å²) in [5.74, 6) is -0.529. The van der Waals surface area contributed by atoms with Crippen LogP contribution >= 0.6 is 0 Å². The van der Waals surface area contributed by atoms with Crippen molar-refractivity contribution in [1.29, 1.82) is 0 Å².